The molecule has 2 aromatic carbocycles. The molecule has 2 heterocycles. The Balaban J connectivity index is 1.65. The summed E-state index contributed by atoms with van der Waals surface area (Å²) >= 11 is 1.43. The van der Waals surface area contributed by atoms with Gasteiger partial charge in [-0.1, -0.05) is 24.3 Å². The molecular formula is C20H17FN4OS. The Bertz CT molecular complexity index is 1090. The van der Waals surface area contributed by atoms with Gasteiger partial charge in [0.15, 0.2) is 0 Å². The van der Waals surface area contributed by atoms with Crippen LogP contribution in [0.3, 0.4) is 0 Å². The zero-order valence-corrected chi connectivity index (χ0v) is 15.4. The molecule has 0 aliphatic rings. The number of carbonyl (C=O) groups is 1. The fraction of sp³-hybridized carbons (Fsp3) is 0.150. The highest BCUT2D eigenvalue weighted by Crippen LogP contribution is 2.20. The first-order valence-corrected chi connectivity index (χ1v) is 9.36. The number of benzene rings is 2. The lowest BCUT2D eigenvalue weighted by atomic mass is 10.1. The van der Waals surface area contributed by atoms with Crippen molar-refractivity contribution in [3.8, 4) is 0 Å². The highest BCUT2D eigenvalue weighted by Gasteiger charge is 2.19. The number of nitrogens with one attached hydrogen (secondary N) is 1. The first-order chi connectivity index (χ1) is 13.1. The molecule has 0 spiro atoms. The van der Waals surface area contributed by atoms with Crippen molar-refractivity contribution in [2.45, 2.75) is 19.5 Å². The van der Waals surface area contributed by atoms with Gasteiger partial charge >= 0.3 is 0 Å². The van der Waals surface area contributed by atoms with Crippen molar-refractivity contribution in [3.05, 3.63) is 82.3 Å². The molecule has 4 aromatic rings. The molecule has 27 heavy (non-hydrogen) atoms. The summed E-state index contributed by atoms with van der Waals surface area (Å²) in [6.45, 7) is 2.33. The Morgan fingerprint density at radius 3 is 2.74 bits per heavy atom. The second kappa shape index (κ2) is 7.28. The third-order valence-corrected chi connectivity index (χ3v) is 5.11. The Morgan fingerprint density at radius 2 is 2.00 bits per heavy atom. The highest BCUT2D eigenvalue weighted by molar-refractivity contribution is 7.09. The van der Waals surface area contributed by atoms with Crippen LogP contribution >= 0.6 is 11.3 Å². The van der Waals surface area contributed by atoms with Crippen molar-refractivity contribution >= 4 is 28.3 Å². The number of aromatic nitrogens is 3. The Labute approximate surface area is 159 Å². The van der Waals surface area contributed by atoms with Crippen LogP contribution in [0.5, 0.6) is 0 Å². The molecule has 0 aliphatic carbocycles. The van der Waals surface area contributed by atoms with Gasteiger partial charge in [-0.2, -0.15) is 0 Å². The van der Waals surface area contributed by atoms with E-state index in [9.17, 15) is 9.18 Å². The molecule has 136 valence electrons. The first kappa shape index (κ1) is 17.4. The van der Waals surface area contributed by atoms with Gasteiger partial charge in [-0.15, -0.1) is 11.3 Å². The third-order valence-electron chi connectivity index (χ3n) is 4.34. The van der Waals surface area contributed by atoms with E-state index in [1.54, 1.807) is 23.8 Å². The lowest BCUT2D eigenvalue weighted by Crippen LogP contribution is -2.31. The van der Waals surface area contributed by atoms with Crippen molar-refractivity contribution in [2.24, 2.45) is 0 Å². The van der Waals surface area contributed by atoms with Crippen molar-refractivity contribution in [2.75, 3.05) is 0 Å². The summed E-state index contributed by atoms with van der Waals surface area (Å²) in [4.78, 5) is 21.3. The molecule has 5 nitrogen and oxygen atoms in total. The predicted octanol–water partition coefficient (Wildman–Crippen LogP) is 4.11. The van der Waals surface area contributed by atoms with E-state index >= 15 is 0 Å². The minimum Gasteiger partial charge on any atom is -0.342 e. The van der Waals surface area contributed by atoms with E-state index in [0.717, 1.165) is 21.6 Å². The van der Waals surface area contributed by atoms with E-state index in [1.807, 2.05) is 35.8 Å². The van der Waals surface area contributed by atoms with Gasteiger partial charge in [0.05, 0.1) is 28.4 Å². The SMILES string of the molecule is Cc1nc(C(=O)N[C@H](Cn2cnc3ccccc32)c2ccc(F)cc2)cs1. The molecule has 0 saturated heterocycles. The van der Waals surface area contributed by atoms with Gasteiger partial charge in [0, 0.05) is 11.9 Å². The van der Waals surface area contributed by atoms with Crippen LogP contribution in [0.25, 0.3) is 11.0 Å². The number of rotatable bonds is 5. The highest BCUT2D eigenvalue weighted by atomic mass is 32.1. The van der Waals surface area contributed by atoms with Crippen molar-refractivity contribution in [1.82, 2.24) is 19.9 Å². The average molecular weight is 380 g/mol. The third kappa shape index (κ3) is 3.73. The number of hydrogen-bond acceptors (Lipinski definition) is 4. The number of fused-ring (bicyclic) bond motifs is 1. The number of nitrogens with zero attached hydrogens (tertiary/aromatic N) is 3. The Hall–Kier alpha value is -3.06. The molecule has 0 radical (unpaired) electrons. The second-order valence-electron chi connectivity index (χ2n) is 6.22. The molecule has 0 saturated carbocycles. The smallest absolute Gasteiger partial charge is 0.271 e. The van der Waals surface area contributed by atoms with E-state index in [1.165, 1.54) is 23.5 Å². The summed E-state index contributed by atoms with van der Waals surface area (Å²) < 4.78 is 15.3. The number of hydrogen-bond donors (Lipinski definition) is 1. The minimum absolute atomic E-state index is 0.252. The van der Waals surface area contributed by atoms with E-state index in [2.05, 4.69) is 15.3 Å². The lowest BCUT2D eigenvalue weighted by Gasteiger charge is -2.20. The van der Waals surface area contributed by atoms with Gasteiger partial charge < -0.3 is 9.88 Å². The lowest BCUT2D eigenvalue weighted by molar-refractivity contribution is 0.0928. The predicted molar refractivity (Wildman–Crippen MR) is 103 cm³/mol. The summed E-state index contributed by atoms with van der Waals surface area (Å²) in [5.74, 6) is -0.565. The number of para-hydroxylation sites is 2. The number of imidazole rings is 1. The van der Waals surface area contributed by atoms with Gasteiger partial charge in [-0.05, 0) is 36.8 Å². The van der Waals surface area contributed by atoms with Crippen LogP contribution in [-0.4, -0.2) is 20.4 Å². The van der Waals surface area contributed by atoms with Gasteiger partial charge in [0.1, 0.15) is 11.5 Å². The molecule has 1 atom stereocenters. The molecule has 1 amide bonds. The second-order valence-corrected chi connectivity index (χ2v) is 7.28. The summed E-state index contributed by atoms with van der Waals surface area (Å²) in [5.41, 5.74) is 3.06. The average Bonchev–Trinajstić information content (AvgIpc) is 3.28. The zero-order valence-electron chi connectivity index (χ0n) is 14.6. The van der Waals surface area contributed by atoms with Crippen LogP contribution in [0.1, 0.15) is 27.1 Å². The van der Waals surface area contributed by atoms with Crippen LogP contribution in [0.15, 0.2) is 60.2 Å². The van der Waals surface area contributed by atoms with Crippen LogP contribution < -0.4 is 5.32 Å². The van der Waals surface area contributed by atoms with Crippen LogP contribution in [-0.2, 0) is 6.54 Å². The van der Waals surface area contributed by atoms with E-state index in [-0.39, 0.29) is 17.8 Å². The molecule has 1 N–H and O–H groups in total. The Kier molecular flexibility index (Phi) is 4.68. The van der Waals surface area contributed by atoms with Crippen molar-refractivity contribution in [3.63, 3.8) is 0 Å². The number of halogens is 1. The van der Waals surface area contributed by atoms with Gasteiger partial charge in [-0.3, -0.25) is 4.79 Å². The largest absolute Gasteiger partial charge is 0.342 e. The summed E-state index contributed by atoms with van der Waals surface area (Å²) in [6.07, 6.45) is 1.75. The standard InChI is InChI=1S/C20H17FN4OS/c1-13-23-18(11-27-13)20(26)24-17(14-6-8-15(21)9-7-14)10-25-12-22-16-4-2-3-5-19(16)25/h2-9,11-12,17H,10H2,1H3,(H,24,26)/t17-/m1/s1. The topological polar surface area (TPSA) is 59.8 Å². The molecule has 0 fully saturated rings. The van der Waals surface area contributed by atoms with Gasteiger partial charge in [0.25, 0.3) is 5.91 Å². The number of amides is 1. The maximum absolute atomic E-state index is 13.4. The van der Waals surface area contributed by atoms with Crippen molar-refractivity contribution < 1.29 is 9.18 Å². The summed E-state index contributed by atoms with van der Waals surface area (Å²) in [5, 5.41) is 5.59. The first-order valence-electron chi connectivity index (χ1n) is 8.48. The maximum atomic E-state index is 13.4. The molecule has 4 rings (SSSR count). The summed E-state index contributed by atoms with van der Waals surface area (Å²) in [7, 11) is 0. The number of carbonyl (C=O) groups excluding carboxylic acids is 1. The molecule has 0 unspecified atom stereocenters. The van der Waals surface area contributed by atoms with Crippen molar-refractivity contribution in [1.29, 1.82) is 0 Å². The fourth-order valence-electron chi connectivity index (χ4n) is 2.98. The van der Waals surface area contributed by atoms with Crippen LogP contribution in [0, 0.1) is 12.7 Å². The number of thiazole rings is 1. The van der Waals surface area contributed by atoms with Crippen LogP contribution in [0.2, 0.25) is 0 Å². The quantitative estimate of drug-likeness (QED) is 0.567. The maximum Gasteiger partial charge on any atom is 0.271 e. The summed E-state index contributed by atoms with van der Waals surface area (Å²) in [6, 6.07) is 13.6. The zero-order chi connectivity index (χ0) is 18.8. The van der Waals surface area contributed by atoms with Gasteiger partial charge in [0.2, 0.25) is 0 Å². The minimum atomic E-state index is -0.349. The molecular weight excluding hydrogens is 363 g/mol. The normalized spacial score (nSPS) is 12.2. The number of aryl methyl sites for hydroxylation is 1. The van der Waals surface area contributed by atoms with Gasteiger partial charge in [-0.25, -0.2) is 14.4 Å². The fourth-order valence-corrected chi connectivity index (χ4v) is 3.57. The van der Waals surface area contributed by atoms with Crippen LogP contribution in [0.4, 0.5) is 4.39 Å². The van der Waals surface area contributed by atoms with E-state index in [0.29, 0.717) is 12.2 Å². The van der Waals surface area contributed by atoms with E-state index in [4.69, 9.17) is 0 Å². The van der Waals surface area contributed by atoms with E-state index < -0.39 is 0 Å². The molecule has 2 aromatic heterocycles. The molecule has 0 aliphatic heterocycles. The Morgan fingerprint density at radius 1 is 1.22 bits per heavy atom. The monoisotopic (exact) mass is 380 g/mol. The molecule has 0 bridgehead atoms. The molecule has 7 heteroatoms.